The van der Waals surface area contributed by atoms with Crippen molar-refractivity contribution in [3.8, 4) is 0 Å². The Morgan fingerprint density at radius 1 is 1.38 bits per heavy atom. The topological polar surface area (TPSA) is 40.5 Å². The van der Waals surface area contributed by atoms with Gasteiger partial charge < -0.3 is 5.11 Å². The molecule has 0 aromatic heterocycles. The lowest BCUT2D eigenvalue weighted by Gasteiger charge is -2.17. The Morgan fingerprint density at radius 2 is 2.08 bits per heavy atom. The molecule has 0 radical (unpaired) electrons. The zero-order chi connectivity index (χ0) is 10.1. The van der Waals surface area contributed by atoms with Gasteiger partial charge in [-0.25, -0.2) is 0 Å². The molecule has 0 amide bonds. The molecule has 0 atom stereocenters. The van der Waals surface area contributed by atoms with E-state index in [2.05, 4.69) is 13.2 Å². The number of aliphatic carboxylic acids is 1. The fraction of sp³-hybridized carbons (Fsp3) is 0.500. The molecule has 0 aromatic rings. The first-order valence-electron chi connectivity index (χ1n) is 4.36. The SMILES string of the molecule is C=CCCCN(CC=C)CC(=O)O. The van der Waals surface area contributed by atoms with E-state index in [-0.39, 0.29) is 6.54 Å². The molecule has 0 bridgehead atoms. The van der Waals surface area contributed by atoms with Crippen molar-refractivity contribution < 1.29 is 9.90 Å². The number of allylic oxidation sites excluding steroid dienone is 1. The average molecular weight is 183 g/mol. The summed E-state index contributed by atoms with van der Waals surface area (Å²) < 4.78 is 0. The molecule has 74 valence electrons. The van der Waals surface area contributed by atoms with Crippen molar-refractivity contribution in [1.29, 1.82) is 0 Å². The Bertz CT molecular complexity index is 178. The quantitative estimate of drug-likeness (QED) is 0.458. The first-order chi connectivity index (χ1) is 6.20. The van der Waals surface area contributed by atoms with Crippen LogP contribution in [0.15, 0.2) is 25.3 Å². The van der Waals surface area contributed by atoms with Crippen molar-refractivity contribution in [1.82, 2.24) is 4.90 Å². The number of carboxylic acids is 1. The van der Waals surface area contributed by atoms with Crippen molar-refractivity contribution in [3.05, 3.63) is 25.3 Å². The fourth-order valence-electron chi connectivity index (χ4n) is 1.07. The maximum absolute atomic E-state index is 10.4. The summed E-state index contributed by atoms with van der Waals surface area (Å²) in [7, 11) is 0. The van der Waals surface area contributed by atoms with Crippen molar-refractivity contribution >= 4 is 5.97 Å². The molecular formula is C10H17NO2. The highest BCUT2D eigenvalue weighted by atomic mass is 16.4. The van der Waals surface area contributed by atoms with Crippen molar-refractivity contribution in [2.24, 2.45) is 0 Å². The third kappa shape index (κ3) is 7.28. The van der Waals surface area contributed by atoms with E-state index in [0.717, 1.165) is 19.4 Å². The Morgan fingerprint density at radius 3 is 2.54 bits per heavy atom. The molecule has 0 unspecified atom stereocenters. The molecule has 3 nitrogen and oxygen atoms in total. The summed E-state index contributed by atoms with van der Waals surface area (Å²) in [6, 6.07) is 0. The second-order valence-corrected chi connectivity index (χ2v) is 2.85. The second-order valence-electron chi connectivity index (χ2n) is 2.85. The number of carboxylic acid groups (broad SMARTS) is 1. The van der Waals surface area contributed by atoms with Crippen LogP contribution in [0.25, 0.3) is 0 Å². The second kappa shape index (κ2) is 7.55. The molecule has 1 N–H and O–H groups in total. The van der Waals surface area contributed by atoms with Crippen LogP contribution in [0.4, 0.5) is 0 Å². The van der Waals surface area contributed by atoms with Crippen molar-refractivity contribution in [2.75, 3.05) is 19.6 Å². The van der Waals surface area contributed by atoms with Crippen LogP contribution in [-0.2, 0) is 4.79 Å². The first kappa shape index (κ1) is 11.9. The summed E-state index contributed by atoms with van der Waals surface area (Å²) in [5.41, 5.74) is 0. The number of carbonyl (C=O) groups is 1. The molecule has 0 spiro atoms. The molecule has 0 rings (SSSR count). The van der Waals surface area contributed by atoms with E-state index in [1.165, 1.54) is 0 Å². The van der Waals surface area contributed by atoms with E-state index < -0.39 is 5.97 Å². The van der Waals surface area contributed by atoms with Crippen molar-refractivity contribution in [3.63, 3.8) is 0 Å². The zero-order valence-corrected chi connectivity index (χ0v) is 7.91. The molecule has 0 saturated carbocycles. The maximum Gasteiger partial charge on any atom is 0.317 e. The van der Waals surface area contributed by atoms with E-state index in [1.807, 2.05) is 11.0 Å². The Balaban J connectivity index is 3.71. The van der Waals surface area contributed by atoms with Crippen molar-refractivity contribution in [2.45, 2.75) is 12.8 Å². The van der Waals surface area contributed by atoms with Gasteiger partial charge in [0.15, 0.2) is 0 Å². The maximum atomic E-state index is 10.4. The van der Waals surface area contributed by atoms with Crippen LogP contribution in [0.3, 0.4) is 0 Å². The largest absolute Gasteiger partial charge is 0.480 e. The van der Waals surface area contributed by atoms with Crippen LogP contribution in [0.1, 0.15) is 12.8 Å². The average Bonchev–Trinajstić information content (AvgIpc) is 2.04. The van der Waals surface area contributed by atoms with Gasteiger partial charge in [0.25, 0.3) is 0 Å². The molecule has 0 aliphatic rings. The Hall–Kier alpha value is -1.09. The highest BCUT2D eigenvalue weighted by molar-refractivity contribution is 5.69. The molecule has 3 heteroatoms. The van der Waals surface area contributed by atoms with Gasteiger partial charge in [0.2, 0.25) is 0 Å². The summed E-state index contributed by atoms with van der Waals surface area (Å²) in [6.45, 7) is 8.69. The smallest absolute Gasteiger partial charge is 0.317 e. The summed E-state index contributed by atoms with van der Waals surface area (Å²) in [5.74, 6) is -0.791. The minimum absolute atomic E-state index is 0.0865. The number of hydrogen-bond donors (Lipinski definition) is 1. The Labute approximate surface area is 79.4 Å². The molecule has 0 heterocycles. The number of unbranched alkanes of at least 4 members (excludes halogenated alkanes) is 1. The van der Waals surface area contributed by atoms with Crippen LogP contribution in [0.2, 0.25) is 0 Å². The number of hydrogen-bond acceptors (Lipinski definition) is 2. The highest BCUT2D eigenvalue weighted by Gasteiger charge is 2.06. The standard InChI is InChI=1S/C10H17NO2/c1-3-5-6-8-11(7-4-2)9-10(12)13/h3-4H,1-2,5-9H2,(H,12,13). The molecule has 0 aliphatic heterocycles. The van der Waals surface area contributed by atoms with Crippen LogP contribution in [0, 0.1) is 0 Å². The van der Waals surface area contributed by atoms with Crippen LogP contribution in [-0.4, -0.2) is 35.6 Å². The fourth-order valence-corrected chi connectivity index (χ4v) is 1.07. The van der Waals surface area contributed by atoms with Gasteiger partial charge in [0, 0.05) is 6.54 Å². The van der Waals surface area contributed by atoms with Gasteiger partial charge in [0.1, 0.15) is 0 Å². The predicted molar refractivity (Wildman–Crippen MR) is 53.7 cm³/mol. The monoisotopic (exact) mass is 183 g/mol. The van der Waals surface area contributed by atoms with Gasteiger partial charge in [-0.15, -0.1) is 13.2 Å². The van der Waals surface area contributed by atoms with Gasteiger partial charge in [-0.05, 0) is 19.4 Å². The minimum atomic E-state index is -0.791. The van der Waals surface area contributed by atoms with E-state index in [4.69, 9.17) is 5.11 Å². The van der Waals surface area contributed by atoms with Gasteiger partial charge >= 0.3 is 5.97 Å². The van der Waals surface area contributed by atoms with Gasteiger partial charge in [-0.2, -0.15) is 0 Å². The Kier molecular flexibility index (Phi) is 6.92. The van der Waals surface area contributed by atoms with Gasteiger partial charge in [-0.3, -0.25) is 9.69 Å². The predicted octanol–water partition coefficient (Wildman–Crippen LogP) is 1.53. The third-order valence-corrected chi connectivity index (χ3v) is 1.63. The summed E-state index contributed by atoms with van der Waals surface area (Å²) in [6.07, 6.45) is 5.43. The van der Waals surface area contributed by atoms with Gasteiger partial charge in [0.05, 0.1) is 6.54 Å². The van der Waals surface area contributed by atoms with Crippen LogP contribution < -0.4 is 0 Å². The van der Waals surface area contributed by atoms with Gasteiger partial charge in [-0.1, -0.05) is 12.2 Å². The lowest BCUT2D eigenvalue weighted by molar-refractivity contribution is -0.138. The van der Waals surface area contributed by atoms with Crippen LogP contribution in [0.5, 0.6) is 0 Å². The van der Waals surface area contributed by atoms with E-state index in [0.29, 0.717) is 6.54 Å². The van der Waals surface area contributed by atoms with E-state index in [9.17, 15) is 4.79 Å². The molecule has 0 aliphatic carbocycles. The van der Waals surface area contributed by atoms with E-state index in [1.54, 1.807) is 6.08 Å². The van der Waals surface area contributed by atoms with Crippen LogP contribution >= 0.6 is 0 Å². The molecule has 0 fully saturated rings. The molecular weight excluding hydrogens is 166 g/mol. The normalized spacial score (nSPS) is 9.92. The molecule has 13 heavy (non-hydrogen) atoms. The minimum Gasteiger partial charge on any atom is -0.480 e. The molecule has 0 saturated heterocycles. The molecule has 0 aromatic carbocycles. The zero-order valence-electron chi connectivity index (χ0n) is 7.91. The third-order valence-electron chi connectivity index (χ3n) is 1.63. The lowest BCUT2D eigenvalue weighted by atomic mass is 10.3. The summed E-state index contributed by atoms with van der Waals surface area (Å²) >= 11 is 0. The lowest BCUT2D eigenvalue weighted by Crippen LogP contribution is -2.30. The summed E-state index contributed by atoms with van der Waals surface area (Å²) in [4.78, 5) is 12.3. The number of rotatable bonds is 8. The summed E-state index contributed by atoms with van der Waals surface area (Å²) in [5, 5.41) is 8.57. The highest BCUT2D eigenvalue weighted by Crippen LogP contribution is 1.95. The van der Waals surface area contributed by atoms with E-state index >= 15 is 0 Å². The first-order valence-corrected chi connectivity index (χ1v) is 4.36. The number of nitrogens with zero attached hydrogens (tertiary/aromatic N) is 1.